The maximum absolute atomic E-state index is 5.62. The number of ether oxygens (including phenoxy) is 1. The number of allylic oxidation sites excluding steroid dienone is 4. The summed E-state index contributed by atoms with van der Waals surface area (Å²) in [6, 6.07) is 9.12. The number of benzene rings is 1. The molecule has 0 saturated carbocycles. The molecule has 1 aromatic carbocycles. The first-order valence-electron chi connectivity index (χ1n) is 9.66. The maximum atomic E-state index is 5.62. The average molecular weight is 431 g/mol. The fourth-order valence-electron chi connectivity index (χ4n) is 3.49. The molecule has 27 heavy (non-hydrogen) atoms. The fourth-order valence-corrected chi connectivity index (χ4v) is 3.77. The highest BCUT2D eigenvalue weighted by atomic mass is 79.9. The third kappa shape index (κ3) is 5.58. The van der Waals surface area contributed by atoms with Gasteiger partial charge in [-0.3, -0.25) is 4.99 Å². The third-order valence-electron chi connectivity index (χ3n) is 4.98. The molecule has 0 spiro atoms. The predicted octanol–water partition coefficient (Wildman–Crippen LogP) is 5.87. The van der Waals surface area contributed by atoms with E-state index in [4.69, 9.17) is 9.73 Å². The van der Waals surface area contributed by atoms with Crippen molar-refractivity contribution in [2.45, 2.75) is 45.6 Å². The summed E-state index contributed by atoms with van der Waals surface area (Å²) in [7, 11) is 3.89. The van der Waals surface area contributed by atoms with E-state index in [9.17, 15) is 0 Å². The molecule has 1 aromatic rings. The van der Waals surface area contributed by atoms with E-state index < -0.39 is 0 Å². The van der Waals surface area contributed by atoms with Gasteiger partial charge in [0, 0.05) is 23.1 Å². The van der Waals surface area contributed by atoms with Crippen LogP contribution in [0.2, 0.25) is 0 Å². The Morgan fingerprint density at radius 2 is 2.11 bits per heavy atom. The van der Waals surface area contributed by atoms with E-state index in [0.717, 1.165) is 53.9 Å². The normalized spacial score (nSPS) is 17.9. The molecule has 146 valence electrons. The lowest BCUT2D eigenvalue weighted by Crippen LogP contribution is -2.33. The minimum atomic E-state index is 0.507. The number of aliphatic imine (C=N–C) groups is 1. The standard InChI is InChI=1S/C23H31BrN2O/c1-6-10-22(27-5)19(15-17(3)24)14-13-18-11-8-9-12-21(18)23-25-16-20(7-2)26(23)4/h8-12,15,20H,3,6-7,13-14,16H2,1-2,4-5H3/b19-15-,22-10+. The number of hydrogen-bond donors (Lipinski definition) is 0. The SMILES string of the molecule is C=C(Br)/C=C(CCc1ccccc1C1=NCC(CC)N1C)\C(=C/CC)OC. The summed E-state index contributed by atoms with van der Waals surface area (Å²) in [5.41, 5.74) is 3.72. The van der Waals surface area contributed by atoms with E-state index >= 15 is 0 Å². The number of amidine groups is 1. The molecule has 1 atom stereocenters. The quantitative estimate of drug-likeness (QED) is 0.361. The monoisotopic (exact) mass is 430 g/mol. The van der Waals surface area contributed by atoms with Crippen LogP contribution in [0.3, 0.4) is 0 Å². The molecule has 2 rings (SSSR count). The number of nitrogens with zero attached hydrogens (tertiary/aromatic N) is 2. The van der Waals surface area contributed by atoms with Gasteiger partial charge >= 0.3 is 0 Å². The zero-order chi connectivity index (χ0) is 19.8. The Kier molecular flexibility index (Phi) is 8.36. The lowest BCUT2D eigenvalue weighted by molar-refractivity contribution is 0.296. The summed E-state index contributed by atoms with van der Waals surface area (Å²) in [6.45, 7) is 9.20. The Morgan fingerprint density at radius 3 is 2.70 bits per heavy atom. The van der Waals surface area contributed by atoms with Crippen LogP contribution in [0.4, 0.5) is 0 Å². The van der Waals surface area contributed by atoms with Crippen LogP contribution in [0.15, 0.2) is 63.8 Å². The lowest BCUT2D eigenvalue weighted by atomic mass is 9.97. The summed E-state index contributed by atoms with van der Waals surface area (Å²) in [4.78, 5) is 7.15. The van der Waals surface area contributed by atoms with Gasteiger partial charge in [0.25, 0.3) is 0 Å². The highest BCUT2D eigenvalue weighted by molar-refractivity contribution is 9.11. The summed E-state index contributed by atoms with van der Waals surface area (Å²) in [6.07, 6.45) is 8.04. The van der Waals surface area contributed by atoms with E-state index in [-0.39, 0.29) is 0 Å². The topological polar surface area (TPSA) is 24.8 Å². The molecule has 0 fully saturated rings. The molecular formula is C23H31BrN2O. The van der Waals surface area contributed by atoms with Crippen molar-refractivity contribution < 1.29 is 4.74 Å². The second-order valence-electron chi connectivity index (χ2n) is 6.79. The minimum Gasteiger partial charge on any atom is -0.497 e. The fraction of sp³-hybridized carbons (Fsp3) is 0.435. The van der Waals surface area contributed by atoms with Gasteiger partial charge in [-0.05, 0) is 49.0 Å². The zero-order valence-electron chi connectivity index (χ0n) is 17.0. The maximum Gasteiger partial charge on any atom is 0.131 e. The molecule has 3 nitrogen and oxygen atoms in total. The van der Waals surface area contributed by atoms with Crippen molar-refractivity contribution in [2.24, 2.45) is 4.99 Å². The van der Waals surface area contributed by atoms with Crippen molar-refractivity contribution in [2.75, 3.05) is 20.7 Å². The first-order chi connectivity index (χ1) is 13.0. The summed E-state index contributed by atoms with van der Waals surface area (Å²) < 4.78 is 6.47. The van der Waals surface area contributed by atoms with Gasteiger partial charge < -0.3 is 9.64 Å². The second-order valence-corrected chi connectivity index (χ2v) is 7.81. The van der Waals surface area contributed by atoms with Crippen LogP contribution >= 0.6 is 15.9 Å². The Balaban J connectivity index is 2.25. The van der Waals surface area contributed by atoms with Crippen molar-refractivity contribution >= 4 is 21.8 Å². The van der Waals surface area contributed by atoms with Gasteiger partial charge in [0.1, 0.15) is 11.6 Å². The summed E-state index contributed by atoms with van der Waals surface area (Å²) in [5.74, 6) is 2.04. The second kappa shape index (κ2) is 10.5. The van der Waals surface area contributed by atoms with Crippen molar-refractivity contribution in [3.63, 3.8) is 0 Å². The molecule has 0 saturated heterocycles. The highest BCUT2D eigenvalue weighted by Gasteiger charge is 2.25. The van der Waals surface area contributed by atoms with Crippen LogP contribution in [-0.4, -0.2) is 37.5 Å². The van der Waals surface area contributed by atoms with Gasteiger partial charge in [-0.25, -0.2) is 0 Å². The van der Waals surface area contributed by atoms with Gasteiger partial charge in [-0.2, -0.15) is 0 Å². The van der Waals surface area contributed by atoms with Crippen LogP contribution in [0.5, 0.6) is 0 Å². The number of hydrogen-bond acceptors (Lipinski definition) is 3. The Hall–Kier alpha value is -1.81. The molecular weight excluding hydrogens is 400 g/mol. The van der Waals surface area contributed by atoms with Gasteiger partial charge in [0.15, 0.2) is 0 Å². The lowest BCUT2D eigenvalue weighted by Gasteiger charge is -2.23. The first kappa shape index (κ1) is 21.5. The van der Waals surface area contributed by atoms with Crippen LogP contribution in [0.1, 0.15) is 44.2 Å². The molecule has 4 heteroatoms. The molecule has 1 unspecified atom stereocenters. The Morgan fingerprint density at radius 1 is 1.37 bits per heavy atom. The largest absolute Gasteiger partial charge is 0.497 e. The zero-order valence-corrected chi connectivity index (χ0v) is 18.6. The van der Waals surface area contributed by atoms with Crippen molar-refractivity contribution in [1.82, 2.24) is 4.90 Å². The molecule has 0 amide bonds. The van der Waals surface area contributed by atoms with Gasteiger partial charge in [-0.1, -0.05) is 60.6 Å². The van der Waals surface area contributed by atoms with Crippen molar-refractivity contribution in [3.8, 4) is 0 Å². The van der Waals surface area contributed by atoms with E-state index in [2.05, 4.69) is 84.7 Å². The van der Waals surface area contributed by atoms with E-state index in [1.807, 2.05) is 0 Å². The third-order valence-corrected chi connectivity index (χ3v) is 5.21. The highest BCUT2D eigenvalue weighted by Crippen LogP contribution is 2.25. The molecule has 0 N–H and O–H groups in total. The molecule has 1 aliphatic heterocycles. The van der Waals surface area contributed by atoms with E-state index in [1.54, 1.807) is 7.11 Å². The molecule has 0 aromatic heterocycles. The Bertz CT molecular complexity index is 749. The van der Waals surface area contributed by atoms with Crippen molar-refractivity contribution in [1.29, 1.82) is 0 Å². The van der Waals surface area contributed by atoms with Crippen LogP contribution < -0.4 is 0 Å². The van der Waals surface area contributed by atoms with Crippen LogP contribution in [0.25, 0.3) is 0 Å². The summed E-state index contributed by atoms with van der Waals surface area (Å²) in [5, 5.41) is 0. The van der Waals surface area contributed by atoms with Crippen LogP contribution in [0, 0.1) is 0 Å². The molecule has 1 aliphatic rings. The smallest absolute Gasteiger partial charge is 0.131 e. The van der Waals surface area contributed by atoms with Gasteiger partial charge in [0.2, 0.25) is 0 Å². The minimum absolute atomic E-state index is 0.507. The number of rotatable bonds is 9. The first-order valence-corrected chi connectivity index (χ1v) is 10.5. The molecule has 1 heterocycles. The number of methoxy groups -OCH3 is 1. The number of halogens is 1. The van der Waals surface area contributed by atoms with E-state index in [1.165, 1.54) is 11.1 Å². The average Bonchev–Trinajstić information content (AvgIpc) is 3.03. The van der Waals surface area contributed by atoms with Gasteiger partial charge in [0.05, 0.1) is 13.7 Å². The molecule has 0 bridgehead atoms. The van der Waals surface area contributed by atoms with Crippen molar-refractivity contribution in [3.05, 3.63) is 69.9 Å². The molecule has 0 aliphatic carbocycles. The van der Waals surface area contributed by atoms with Gasteiger partial charge in [-0.15, -0.1) is 0 Å². The number of aryl methyl sites for hydroxylation is 1. The Labute approximate surface area is 172 Å². The van der Waals surface area contributed by atoms with Crippen LogP contribution in [-0.2, 0) is 11.2 Å². The number of likely N-dealkylation sites (N-methyl/N-ethyl adjacent to an activating group) is 1. The summed E-state index contributed by atoms with van der Waals surface area (Å²) >= 11 is 3.46. The molecule has 0 radical (unpaired) electrons. The van der Waals surface area contributed by atoms with E-state index in [0.29, 0.717) is 6.04 Å². The predicted molar refractivity (Wildman–Crippen MR) is 120 cm³/mol.